The van der Waals surface area contributed by atoms with Crippen molar-refractivity contribution in [1.29, 1.82) is 0 Å². The molecule has 0 amide bonds. The Bertz CT molecular complexity index is 2400. The fourth-order valence-electron chi connectivity index (χ4n) is 8.72. The maximum atomic E-state index is 12.2. The number of hydrogen-bond donors (Lipinski definition) is 0. The van der Waals surface area contributed by atoms with Crippen molar-refractivity contribution in [2.24, 2.45) is 0 Å². The number of carbonyl (C=O) groups excluding carboxylic acids is 4. The second kappa shape index (κ2) is 18.2. The summed E-state index contributed by atoms with van der Waals surface area (Å²) in [4.78, 5) is 52.6. The van der Waals surface area contributed by atoms with E-state index < -0.39 is 24.4 Å². The Morgan fingerprint density at radius 2 is 0.629 bits per heavy atom. The van der Waals surface area contributed by atoms with E-state index in [9.17, 15) is 19.2 Å². The summed E-state index contributed by atoms with van der Waals surface area (Å²) in [6, 6.07) is 49.0. The lowest BCUT2D eigenvalue weighted by molar-refractivity contribution is -0.153. The van der Waals surface area contributed by atoms with Crippen molar-refractivity contribution < 1.29 is 38.1 Å². The van der Waals surface area contributed by atoms with Crippen molar-refractivity contribution >= 4 is 58.0 Å². The van der Waals surface area contributed by atoms with E-state index >= 15 is 0 Å². The molecule has 2 aliphatic rings. The first-order valence-corrected chi connectivity index (χ1v) is 20.9. The van der Waals surface area contributed by atoms with Crippen molar-refractivity contribution in [2.75, 3.05) is 9.80 Å². The molecule has 6 aromatic rings. The average molecular weight is 829 g/mol. The van der Waals surface area contributed by atoms with Crippen molar-refractivity contribution in [1.82, 2.24) is 0 Å². The number of anilines is 6. The lowest BCUT2D eigenvalue weighted by Gasteiger charge is -2.33. The molecule has 2 aliphatic carbocycles. The molecule has 314 valence electrons. The number of benzene rings is 6. The first-order valence-electron chi connectivity index (χ1n) is 20.9. The van der Waals surface area contributed by atoms with Gasteiger partial charge in [-0.15, -0.1) is 0 Å². The highest BCUT2D eigenvalue weighted by atomic mass is 16.6. The highest BCUT2D eigenvalue weighted by molar-refractivity contribution is 5.82. The van der Waals surface area contributed by atoms with Gasteiger partial charge in [-0.25, -0.2) is 0 Å². The van der Waals surface area contributed by atoms with Crippen LogP contribution in [0.4, 0.5) is 34.1 Å². The molecule has 62 heavy (non-hydrogen) atoms. The molecule has 8 rings (SSSR count). The molecule has 0 fully saturated rings. The Morgan fingerprint density at radius 3 is 0.935 bits per heavy atom. The zero-order valence-corrected chi connectivity index (χ0v) is 35.2. The van der Waals surface area contributed by atoms with E-state index in [4.69, 9.17) is 18.9 Å². The molecule has 0 N–H and O–H groups in total. The first-order chi connectivity index (χ1) is 30.0. The highest BCUT2D eigenvalue weighted by Gasteiger charge is 2.33. The molecule has 10 heteroatoms. The van der Waals surface area contributed by atoms with Crippen LogP contribution in [-0.2, 0) is 38.1 Å². The smallest absolute Gasteiger partial charge is 0.303 e. The Labute approximate surface area is 361 Å². The minimum absolute atomic E-state index is 0.355. The SMILES string of the molecule is CC(=O)OC1CCC(OC(C)=O)c2cc(N(c3ccccc3)c3ccc(-c4ccc(N(c5ccccc5)c5ccc6c(c5)C(OC(C)=O)CCC6OC(C)=O)cc4)cc3)ccc21. The number of fused-ring (bicyclic) bond motifs is 2. The summed E-state index contributed by atoms with van der Waals surface area (Å²) in [5.74, 6) is -1.44. The second-order valence-corrected chi connectivity index (χ2v) is 15.6. The molecule has 0 spiro atoms. The summed E-state index contributed by atoms with van der Waals surface area (Å²) in [5.41, 5.74) is 10.9. The number of esters is 4. The molecule has 0 aliphatic heterocycles. The van der Waals surface area contributed by atoms with Crippen LogP contribution in [0.2, 0.25) is 0 Å². The predicted octanol–water partition coefficient (Wildman–Crippen LogP) is 12.3. The molecule has 0 radical (unpaired) electrons. The first kappa shape index (κ1) is 41.5. The Morgan fingerprint density at radius 1 is 0.355 bits per heavy atom. The summed E-state index contributed by atoms with van der Waals surface area (Å²) in [5, 5.41) is 0. The van der Waals surface area contributed by atoms with Crippen molar-refractivity contribution in [3.05, 3.63) is 168 Å². The molecule has 0 bridgehead atoms. The third-order valence-corrected chi connectivity index (χ3v) is 11.3. The molecule has 0 saturated carbocycles. The number of carbonyl (C=O) groups is 4. The van der Waals surface area contributed by atoms with Crippen molar-refractivity contribution in [3.63, 3.8) is 0 Å². The van der Waals surface area contributed by atoms with Crippen LogP contribution < -0.4 is 9.80 Å². The van der Waals surface area contributed by atoms with E-state index in [1.165, 1.54) is 27.7 Å². The van der Waals surface area contributed by atoms with E-state index in [1.807, 2.05) is 97.1 Å². The lowest BCUT2D eigenvalue weighted by atomic mass is 9.86. The van der Waals surface area contributed by atoms with Gasteiger partial charge in [-0.2, -0.15) is 0 Å². The summed E-state index contributed by atoms with van der Waals surface area (Å²) >= 11 is 0. The third-order valence-electron chi connectivity index (χ3n) is 11.3. The van der Waals surface area contributed by atoms with E-state index in [0.717, 1.165) is 67.5 Å². The molecule has 0 saturated heterocycles. The van der Waals surface area contributed by atoms with E-state index in [-0.39, 0.29) is 23.9 Å². The van der Waals surface area contributed by atoms with Gasteiger partial charge in [-0.3, -0.25) is 19.2 Å². The van der Waals surface area contributed by atoms with Gasteiger partial charge in [0.15, 0.2) is 0 Å². The lowest BCUT2D eigenvalue weighted by Crippen LogP contribution is -2.22. The largest absolute Gasteiger partial charge is 0.458 e. The van der Waals surface area contributed by atoms with Gasteiger partial charge in [-0.1, -0.05) is 72.8 Å². The van der Waals surface area contributed by atoms with Gasteiger partial charge in [0.2, 0.25) is 0 Å². The standard InChI is InChI=1S/C52H48N2O8/c1-33(55)59-49-27-29-51(61-35(3)57)47-31-43(23-25-45(47)49)53(39-11-7-5-8-12-39)41-19-15-37(16-20-41)38-17-21-42(22-18-38)54(40-13-9-6-10-14-40)44-24-26-46-48(32-44)52(62-36(4)58)30-28-50(46)60-34(2)56/h5-26,31-32,49-52H,27-30H2,1-4H3. The van der Waals surface area contributed by atoms with Crippen LogP contribution in [0, 0.1) is 0 Å². The summed E-state index contributed by atoms with van der Waals surface area (Å²) in [6.45, 7) is 5.64. The number of rotatable bonds is 11. The number of para-hydroxylation sites is 2. The number of ether oxygens (including phenoxy) is 4. The van der Waals surface area contributed by atoms with Crippen LogP contribution in [0.1, 0.15) is 100 Å². The zero-order valence-electron chi connectivity index (χ0n) is 35.2. The van der Waals surface area contributed by atoms with Crippen molar-refractivity contribution in [2.45, 2.75) is 77.8 Å². The Hall–Kier alpha value is -7.20. The molecular weight excluding hydrogens is 781 g/mol. The molecule has 0 heterocycles. The maximum Gasteiger partial charge on any atom is 0.303 e. The van der Waals surface area contributed by atoms with Crippen LogP contribution in [0.25, 0.3) is 11.1 Å². The van der Waals surface area contributed by atoms with E-state index in [1.54, 1.807) is 0 Å². The van der Waals surface area contributed by atoms with Gasteiger partial charge >= 0.3 is 23.9 Å². The Kier molecular flexibility index (Phi) is 12.2. The van der Waals surface area contributed by atoms with Gasteiger partial charge in [0.1, 0.15) is 24.4 Å². The van der Waals surface area contributed by atoms with Gasteiger partial charge in [0, 0.05) is 72.9 Å². The van der Waals surface area contributed by atoms with Gasteiger partial charge in [-0.05, 0) is 121 Å². The van der Waals surface area contributed by atoms with Crippen LogP contribution in [-0.4, -0.2) is 23.9 Å². The maximum absolute atomic E-state index is 12.2. The number of hydrogen-bond acceptors (Lipinski definition) is 10. The Balaban J connectivity index is 1.12. The molecule has 4 unspecified atom stereocenters. The quantitative estimate of drug-likeness (QED) is 0.0924. The fraction of sp³-hybridized carbons (Fsp3) is 0.231. The summed E-state index contributed by atoms with van der Waals surface area (Å²) < 4.78 is 22.9. The average Bonchev–Trinajstić information content (AvgIpc) is 3.26. The normalized spacial score (nSPS) is 17.7. The van der Waals surface area contributed by atoms with Crippen LogP contribution >= 0.6 is 0 Å². The molecule has 6 aromatic carbocycles. The minimum Gasteiger partial charge on any atom is -0.458 e. The predicted molar refractivity (Wildman–Crippen MR) is 238 cm³/mol. The van der Waals surface area contributed by atoms with E-state index in [2.05, 4.69) is 58.3 Å². The van der Waals surface area contributed by atoms with Gasteiger partial charge in [0.05, 0.1) is 0 Å². The fourth-order valence-corrected chi connectivity index (χ4v) is 8.72. The van der Waals surface area contributed by atoms with Gasteiger partial charge < -0.3 is 28.7 Å². The van der Waals surface area contributed by atoms with Crippen molar-refractivity contribution in [3.8, 4) is 11.1 Å². The second-order valence-electron chi connectivity index (χ2n) is 15.6. The van der Waals surface area contributed by atoms with Crippen LogP contribution in [0.15, 0.2) is 146 Å². The highest BCUT2D eigenvalue weighted by Crippen LogP contribution is 2.46. The molecule has 0 aromatic heterocycles. The zero-order chi connectivity index (χ0) is 43.3. The van der Waals surface area contributed by atoms with Crippen LogP contribution in [0.3, 0.4) is 0 Å². The number of nitrogens with zero attached hydrogens (tertiary/aromatic N) is 2. The van der Waals surface area contributed by atoms with E-state index in [0.29, 0.717) is 25.7 Å². The topological polar surface area (TPSA) is 112 Å². The minimum atomic E-state index is -0.459. The monoisotopic (exact) mass is 828 g/mol. The summed E-state index contributed by atoms with van der Waals surface area (Å²) in [7, 11) is 0. The third kappa shape index (κ3) is 9.10. The summed E-state index contributed by atoms with van der Waals surface area (Å²) in [6.07, 6.45) is 0.445. The molecule has 4 atom stereocenters. The van der Waals surface area contributed by atoms with Crippen LogP contribution in [0.5, 0.6) is 0 Å². The molecule has 10 nitrogen and oxygen atoms in total. The molecular formula is C52H48N2O8. The van der Waals surface area contributed by atoms with Gasteiger partial charge in [0.25, 0.3) is 0 Å².